The van der Waals surface area contributed by atoms with E-state index in [2.05, 4.69) is 0 Å². The molecular formula is C14H18F2O3S. The Labute approximate surface area is 119 Å². The van der Waals surface area contributed by atoms with Crippen molar-refractivity contribution < 1.29 is 22.9 Å². The molecule has 6 heteroatoms. The van der Waals surface area contributed by atoms with E-state index in [1.165, 1.54) is 6.07 Å². The second-order valence-corrected chi connectivity index (χ2v) is 6.31. The van der Waals surface area contributed by atoms with Crippen molar-refractivity contribution in [3.8, 4) is 0 Å². The highest BCUT2D eigenvalue weighted by Crippen LogP contribution is 2.31. The van der Waals surface area contributed by atoms with Crippen molar-refractivity contribution in [2.24, 2.45) is 5.92 Å². The summed E-state index contributed by atoms with van der Waals surface area (Å²) >= 11 is 0. The number of carboxylic acids is 1. The molecule has 0 amide bonds. The van der Waals surface area contributed by atoms with E-state index in [1.807, 2.05) is 13.8 Å². The summed E-state index contributed by atoms with van der Waals surface area (Å²) in [7, 11) is -1.63. The Bertz CT molecular complexity index is 527. The number of hydrogen-bond donors (Lipinski definition) is 1. The Kier molecular flexibility index (Phi) is 5.80. The summed E-state index contributed by atoms with van der Waals surface area (Å²) in [6.07, 6.45) is -2.52. The van der Waals surface area contributed by atoms with Gasteiger partial charge in [-0.15, -0.1) is 0 Å². The Morgan fingerprint density at radius 1 is 1.35 bits per heavy atom. The molecule has 112 valence electrons. The van der Waals surface area contributed by atoms with Gasteiger partial charge in [0.05, 0.1) is 21.3 Å². The van der Waals surface area contributed by atoms with E-state index in [-0.39, 0.29) is 39.7 Å². The van der Waals surface area contributed by atoms with E-state index in [0.29, 0.717) is 0 Å². The summed E-state index contributed by atoms with van der Waals surface area (Å²) in [5, 5.41) is 9.13. The van der Waals surface area contributed by atoms with Crippen LogP contribution in [0.15, 0.2) is 17.0 Å². The first kappa shape index (κ1) is 16.8. The van der Waals surface area contributed by atoms with E-state index < -0.39 is 23.2 Å². The first-order valence-electron chi connectivity index (χ1n) is 6.35. The molecule has 0 saturated carbocycles. The van der Waals surface area contributed by atoms with E-state index in [9.17, 15) is 17.8 Å². The van der Waals surface area contributed by atoms with Gasteiger partial charge in [0.1, 0.15) is 0 Å². The van der Waals surface area contributed by atoms with E-state index in [1.54, 1.807) is 6.92 Å². The number of benzene rings is 1. The Morgan fingerprint density at radius 2 is 1.95 bits per heavy atom. The van der Waals surface area contributed by atoms with Crippen LogP contribution < -0.4 is 0 Å². The monoisotopic (exact) mass is 304 g/mol. The zero-order chi connectivity index (χ0) is 15.4. The fourth-order valence-corrected chi connectivity index (χ4v) is 3.75. The number of carbonyl (C=O) groups is 1. The molecule has 3 nitrogen and oxygen atoms in total. The molecule has 0 aliphatic rings. The minimum atomic E-state index is -2.77. The second kappa shape index (κ2) is 6.92. The lowest BCUT2D eigenvalue weighted by atomic mass is 10.0. The summed E-state index contributed by atoms with van der Waals surface area (Å²) in [4.78, 5) is 11.2. The molecule has 0 aromatic heterocycles. The van der Waals surface area contributed by atoms with Crippen LogP contribution >= 0.6 is 0 Å². The van der Waals surface area contributed by atoms with Gasteiger partial charge in [-0.05, 0) is 24.0 Å². The van der Waals surface area contributed by atoms with Gasteiger partial charge in [-0.3, -0.25) is 4.21 Å². The molecule has 0 bridgehead atoms. The highest BCUT2D eigenvalue weighted by atomic mass is 32.2. The lowest BCUT2D eigenvalue weighted by molar-refractivity contribution is 0.0694. The number of halogens is 2. The largest absolute Gasteiger partial charge is 0.478 e. The van der Waals surface area contributed by atoms with Crippen LogP contribution in [-0.2, 0) is 17.2 Å². The van der Waals surface area contributed by atoms with Crippen molar-refractivity contribution in [1.82, 2.24) is 0 Å². The summed E-state index contributed by atoms with van der Waals surface area (Å²) in [6, 6.07) is 2.24. The topological polar surface area (TPSA) is 54.4 Å². The predicted molar refractivity (Wildman–Crippen MR) is 73.8 cm³/mol. The van der Waals surface area contributed by atoms with Crippen LogP contribution in [0.4, 0.5) is 8.78 Å². The van der Waals surface area contributed by atoms with Crippen LogP contribution in [-0.4, -0.2) is 21.0 Å². The van der Waals surface area contributed by atoms with Crippen molar-refractivity contribution >= 4 is 16.8 Å². The molecule has 0 heterocycles. The average molecular weight is 304 g/mol. The second-order valence-electron chi connectivity index (χ2n) is 4.88. The van der Waals surface area contributed by atoms with E-state index >= 15 is 0 Å². The van der Waals surface area contributed by atoms with Crippen LogP contribution in [0.2, 0.25) is 0 Å². The predicted octanol–water partition coefficient (Wildman–Crippen LogP) is 3.65. The maximum Gasteiger partial charge on any atom is 0.336 e. The van der Waals surface area contributed by atoms with Crippen LogP contribution in [0, 0.1) is 5.92 Å². The van der Waals surface area contributed by atoms with Crippen LogP contribution in [0.3, 0.4) is 0 Å². The van der Waals surface area contributed by atoms with Crippen molar-refractivity contribution in [3.63, 3.8) is 0 Å². The van der Waals surface area contributed by atoms with Crippen molar-refractivity contribution in [3.05, 3.63) is 28.8 Å². The summed E-state index contributed by atoms with van der Waals surface area (Å²) in [6.45, 7) is 5.35. The molecule has 0 spiro atoms. The number of aromatic carboxylic acids is 1. The smallest absolute Gasteiger partial charge is 0.336 e. The summed E-state index contributed by atoms with van der Waals surface area (Å²) in [5.41, 5.74) is -0.135. The van der Waals surface area contributed by atoms with Gasteiger partial charge < -0.3 is 5.11 Å². The quantitative estimate of drug-likeness (QED) is 0.873. The maximum atomic E-state index is 13.1. The molecule has 0 aliphatic carbocycles. The molecule has 0 unspecified atom stereocenters. The fourth-order valence-electron chi connectivity index (χ4n) is 2.02. The van der Waals surface area contributed by atoms with Crippen molar-refractivity contribution in [2.75, 3.05) is 5.75 Å². The lowest BCUT2D eigenvalue weighted by Gasteiger charge is -2.16. The highest BCUT2D eigenvalue weighted by molar-refractivity contribution is 7.85. The molecule has 1 N–H and O–H groups in total. The molecule has 0 radical (unpaired) electrons. The zero-order valence-corrected chi connectivity index (χ0v) is 12.5. The molecular weight excluding hydrogens is 286 g/mol. The Balaban J connectivity index is 3.52. The number of carboxylic acid groups (broad SMARTS) is 1. The van der Waals surface area contributed by atoms with Crippen LogP contribution in [0.1, 0.15) is 48.7 Å². The van der Waals surface area contributed by atoms with Crippen molar-refractivity contribution in [2.45, 2.75) is 38.5 Å². The minimum Gasteiger partial charge on any atom is -0.478 e. The van der Waals surface area contributed by atoms with Gasteiger partial charge in [0.15, 0.2) is 0 Å². The van der Waals surface area contributed by atoms with Gasteiger partial charge in [-0.25, -0.2) is 13.6 Å². The Hall–Kier alpha value is -1.30. The van der Waals surface area contributed by atoms with Gasteiger partial charge in [-0.2, -0.15) is 0 Å². The van der Waals surface area contributed by atoms with Gasteiger partial charge in [0.2, 0.25) is 0 Å². The maximum absolute atomic E-state index is 13.1. The molecule has 0 aliphatic heterocycles. The van der Waals surface area contributed by atoms with Gasteiger partial charge in [0.25, 0.3) is 6.43 Å². The molecule has 1 aromatic rings. The standard InChI is InChI=1S/C14H18F2O3S/c1-4-9-10(14(17)18)5-6-11(13(15)16)12(9)20(19)7-8(2)3/h5-6,8,13H,4,7H2,1-3H3,(H,17,18)/t20-/m0/s1. The third-order valence-corrected chi connectivity index (χ3v) is 4.73. The first-order valence-corrected chi connectivity index (χ1v) is 7.67. The van der Waals surface area contributed by atoms with E-state index in [4.69, 9.17) is 5.11 Å². The summed E-state index contributed by atoms with van der Waals surface area (Å²) in [5.74, 6) is -0.888. The number of rotatable bonds is 6. The molecule has 0 fully saturated rings. The highest BCUT2D eigenvalue weighted by Gasteiger charge is 2.25. The van der Waals surface area contributed by atoms with Gasteiger partial charge in [-0.1, -0.05) is 26.8 Å². The SMILES string of the molecule is CCc1c(C(=O)O)ccc(C(F)F)c1[S@@](=O)CC(C)C. The van der Waals surface area contributed by atoms with Crippen molar-refractivity contribution in [1.29, 1.82) is 0 Å². The fraction of sp³-hybridized carbons (Fsp3) is 0.500. The molecule has 0 saturated heterocycles. The third-order valence-electron chi connectivity index (χ3n) is 2.82. The molecule has 20 heavy (non-hydrogen) atoms. The van der Waals surface area contributed by atoms with Crippen LogP contribution in [0.25, 0.3) is 0 Å². The normalized spacial score (nSPS) is 12.9. The molecule has 1 aromatic carbocycles. The lowest BCUT2D eigenvalue weighted by Crippen LogP contribution is -2.13. The average Bonchev–Trinajstić information content (AvgIpc) is 2.35. The van der Waals surface area contributed by atoms with Gasteiger partial charge >= 0.3 is 5.97 Å². The molecule has 1 atom stereocenters. The minimum absolute atomic E-state index is 0.00361. The molecule has 1 rings (SSSR count). The zero-order valence-electron chi connectivity index (χ0n) is 11.7. The van der Waals surface area contributed by atoms with Crippen LogP contribution in [0.5, 0.6) is 0 Å². The Morgan fingerprint density at radius 3 is 2.35 bits per heavy atom. The van der Waals surface area contributed by atoms with Gasteiger partial charge in [0, 0.05) is 11.3 Å². The number of hydrogen-bond acceptors (Lipinski definition) is 2. The first-order chi connectivity index (χ1) is 9.29. The third kappa shape index (κ3) is 3.62. The number of alkyl halides is 2. The van der Waals surface area contributed by atoms with E-state index in [0.717, 1.165) is 6.07 Å². The summed E-state index contributed by atoms with van der Waals surface area (Å²) < 4.78 is 38.5.